The van der Waals surface area contributed by atoms with Crippen LogP contribution in [0.3, 0.4) is 0 Å². The number of thioether (sulfide) groups is 1. The molecule has 1 aromatic rings. The van der Waals surface area contributed by atoms with Gasteiger partial charge in [0.05, 0.1) is 9.82 Å². The molecule has 0 saturated heterocycles. The highest BCUT2D eigenvalue weighted by Crippen LogP contribution is 2.45. The van der Waals surface area contributed by atoms with Crippen LogP contribution in [-0.2, 0) is 0 Å². The van der Waals surface area contributed by atoms with E-state index in [1.807, 2.05) is 0 Å². The summed E-state index contributed by atoms with van der Waals surface area (Å²) in [5.41, 5.74) is -6.26. The molecule has 0 fully saturated rings. The van der Waals surface area contributed by atoms with Crippen LogP contribution in [0.4, 0.5) is 32.0 Å². The molecule has 0 N–H and O–H groups in total. The topological polar surface area (TPSA) is 52.4 Å². The number of halogens is 6. The molecular formula is C8H3F6NO3S. The van der Waals surface area contributed by atoms with Crippen molar-refractivity contribution in [2.75, 3.05) is 0 Å². The maximum absolute atomic E-state index is 12.1. The van der Waals surface area contributed by atoms with Gasteiger partial charge in [0.25, 0.3) is 0 Å². The summed E-state index contributed by atoms with van der Waals surface area (Å²) in [6, 6.07) is 2.04. The monoisotopic (exact) mass is 307 g/mol. The maximum Gasteiger partial charge on any atom is 0.573 e. The van der Waals surface area contributed by atoms with Crippen LogP contribution in [0.1, 0.15) is 0 Å². The van der Waals surface area contributed by atoms with Crippen molar-refractivity contribution < 1.29 is 36.0 Å². The third-order valence-electron chi connectivity index (χ3n) is 1.60. The Morgan fingerprint density at radius 2 is 1.74 bits per heavy atom. The molecule has 0 aromatic heterocycles. The van der Waals surface area contributed by atoms with E-state index in [0.717, 1.165) is 6.07 Å². The highest BCUT2D eigenvalue weighted by Gasteiger charge is 2.38. The molecule has 1 rings (SSSR count). The van der Waals surface area contributed by atoms with Crippen molar-refractivity contribution in [2.24, 2.45) is 0 Å². The smallest absolute Gasteiger partial charge is 0.398 e. The number of nitro groups is 1. The zero-order valence-corrected chi connectivity index (χ0v) is 9.40. The molecule has 1 aromatic carbocycles. The van der Waals surface area contributed by atoms with Gasteiger partial charge in [0, 0.05) is 0 Å². The Labute approximate surface area is 105 Å². The first-order valence-corrected chi connectivity index (χ1v) is 5.10. The van der Waals surface area contributed by atoms with Gasteiger partial charge in [0.15, 0.2) is 0 Å². The molecule has 0 saturated carbocycles. The summed E-state index contributed by atoms with van der Waals surface area (Å²) in [5, 5.41) is 10.6. The van der Waals surface area contributed by atoms with E-state index in [1.165, 1.54) is 0 Å². The zero-order chi connectivity index (χ0) is 14.8. The third kappa shape index (κ3) is 4.85. The van der Waals surface area contributed by atoms with Gasteiger partial charge in [-0.2, -0.15) is 13.2 Å². The lowest BCUT2D eigenvalue weighted by molar-refractivity contribution is -0.391. The molecule has 11 heteroatoms. The average Bonchev–Trinajstić information content (AvgIpc) is 2.11. The number of rotatable bonds is 3. The van der Waals surface area contributed by atoms with E-state index in [1.54, 1.807) is 0 Å². The number of nitro benzene ring substituents is 1. The lowest BCUT2D eigenvalue weighted by Gasteiger charge is -2.11. The van der Waals surface area contributed by atoms with Crippen LogP contribution in [0.25, 0.3) is 0 Å². The fourth-order valence-electron chi connectivity index (χ4n) is 1.10. The lowest BCUT2D eigenvalue weighted by atomic mass is 10.3. The first-order valence-electron chi connectivity index (χ1n) is 4.28. The van der Waals surface area contributed by atoms with Crippen molar-refractivity contribution in [3.63, 3.8) is 0 Å². The van der Waals surface area contributed by atoms with Gasteiger partial charge in [-0.15, -0.1) is 13.2 Å². The van der Waals surface area contributed by atoms with E-state index in [4.69, 9.17) is 0 Å². The van der Waals surface area contributed by atoms with E-state index in [0.29, 0.717) is 12.1 Å². The molecular weight excluding hydrogens is 304 g/mol. The normalized spacial score (nSPS) is 12.3. The van der Waals surface area contributed by atoms with Crippen LogP contribution in [0, 0.1) is 10.1 Å². The first-order chi connectivity index (χ1) is 8.49. The largest absolute Gasteiger partial charge is 0.573 e. The minimum absolute atomic E-state index is 0.562. The number of hydrogen-bond acceptors (Lipinski definition) is 4. The molecule has 0 amide bonds. The second-order valence-electron chi connectivity index (χ2n) is 2.96. The predicted octanol–water partition coefficient (Wildman–Crippen LogP) is 4.11. The summed E-state index contributed by atoms with van der Waals surface area (Å²) in [6.07, 6.45) is -5.24. The Bertz CT molecular complexity index is 452. The van der Waals surface area contributed by atoms with Crippen molar-refractivity contribution in [1.29, 1.82) is 0 Å². The third-order valence-corrected chi connectivity index (χ3v) is 2.38. The molecule has 0 aliphatic carbocycles. The van der Waals surface area contributed by atoms with Crippen molar-refractivity contribution in [3.8, 4) is 5.75 Å². The molecule has 0 aliphatic rings. The van der Waals surface area contributed by atoms with E-state index in [9.17, 15) is 36.5 Å². The molecule has 0 heterocycles. The number of nitrogens with zero attached hydrogens (tertiary/aromatic N) is 1. The van der Waals surface area contributed by atoms with Gasteiger partial charge < -0.3 is 4.74 Å². The lowest BCUT2D eigenvalue weighted by Crippen LogP contribution is -2.18. The van der Waals surface area contributed by atoms with E-state index in [-0.39, 0.29) is 0 Å². The van der Waals surface area contributed by atoms with Gasteiger partial charge in [0.1, 0.15) is 0 Å². The van der Waals surface area contributed by atoms with E-state index < -0.39 is 44.9 Å². The number of hydrogen-bond donors (Lipinski definition) is 0. The van der Waals surface area contributed by atoms with Crippen molar-refractivity contribution in [1.82, 2.24) is 0 Å². The Morgan fingerprint density at radius 3 is 2.16 bits per heavy atom. The van der Waals surface area contributed by atoms with Gasteiger partial charge in [0.2, 0.25) is 5.75 Å². The summed E-state index contributed by atoms with van der Waals surface area (Å²) in [6.45, 7) is 0. The van der Waals surface area contributed by atoms with Crippen molar-refractivity contribution in [2.45, 2.75) is 16.8 Å². The Balaban J connectivity index is 3.26. The average molecular weight is 307 g/mol. The molecule has 0 unspecified atom stereocenters. The molecule has 19 heavy (non-hydrogen) atoms. The summed E-state index contributed by atoms with van der Waals surface area (Å²) in [5.74, 6) is -1.30. The van der Waals surface area contributed by atoms with Gasteiger partial charge >= 0.3 is 17.6 Å². The minimum Gasteiger partial charge on any atom is -0.398 e. The van der Waals surface area contributed by atoms with Gasteiger partial charge in [-0.1, -0.05) is 6.07 Å². The molecule has 0 aliphatic heterocycles. The molecule has 0 bridgehead atoms. The van der Waals surface area contributed by atoms with Crippen molar-refractivity contribution >= 4 is 17.4 Å². The number of benzene rings is 1. The first kappa shape index (κ1) is 15.4. The molecule has 106 valence electrons. The summed E-state index contributed by atoms with van der Waals surface area (Å²) in [4.78, 5) is 8.24. The van der Waals surface area contributed by atoms with Crippen LogP contribution in [0.2, 0.25) is 0 Å². The SMILES string of the molecule is O=[N+]([O-])c1c(OC(F)(F)F)cccc1SC(F)(F)F. The van der Waals surface area contributed by atoms with Gasteiger partial charge in [-0.3, -0.25) is 10.1 Å². The van der Waals surface area contributed by atoms with Gasteiger partial charge in [-0.25, -0.2) is 0 Å². The fourth-order valence-corrected chi connectivity index (χ4v) is 1.76. The van der Waals surface area contributed by atoms with Crippen LogP contribution >= 0.6 is 11.8 Å². The Hall–Kier alpha value is -1.65. The summed E-state index contributed by atoms with van der Waals surface area (Å²) >= 11 is -0.893. The maximum atomic E-state index is 12.1. The standard InChI is InChI=1S/C8H3F6NO3S/c9-7(10,11)18-4-2-1-3-5(6(4)15(16)17)19-8(12,13)14/h1-3H. The number of alkyl halides is 6. The predicted molar refractivity (Wildman–Crippen MR) is 51.7 cm³/mol. The van der Waals surface area contributed by atoms with Crippen LogP contribution in [-0.4, -0.2) is 16.8 Å². The van der Waals surface area contributed by atoms with E-state index >= 15 is 0 Å². The number of para-hydroxylation sites is 1. The highest BCUT2D eigenvalue weighted by molar-refractivity contribution is 8.00. The quantitative estimate of drug-likeness (QED) is 0.365. The highest BCUT2D eigenvalue weighted by atomic mass is 32.2. The van der Waals surface area contributed by atoms with E-state index in [2.05, 4.69) is 4.74 Å². The molecule has 0 atom stereocenters. The van der Waals surface area contributed by atoms with Crippen LogP contribution in [0.15, 0.2) is 23.1 Å². The summed E-state index contributed by atoms with van der Waals surface area (Å²) < 4.78 is 75.7. The number of ether oxygens (including phenoxy) is 1. The second-order valence-corrected chi connectivity index (χ2v) is 4.06. The second kappa shape index (κ2) is 5.15. The van der Waals surface area contributed by atoms with Crippen LogP contribution < -0.4 is 4.74 Å². The summed E-state index contributed by atoms with van der Waals surface area (Å²) in [7, 11) is 0. The Morgan fingerprint density at radius 1 is 1.16 bits per heavy atom. The Kier molecular flexibility index (Phi) is 4.18. The molecule has 4 nitrogen and oxygen atoms in total. The van der Waals surface area contributed by atoms with Crippen LogP contribution in [0.5, 0.6) is 5.75 Å². The van der Waals surface area contributed by atoms with Crippen molar-refractivity contribution in [3.05, 3.63) is 28.3 Å². The molecule has 0 spiro atoms. The van der Waals surface area contributed by atoms with Gasteiger partial charge in [-0.05, 0) is 23.9 Å². The molecule has 0 radical (unpaired) electrons. The minimum atomic E-state index is -5.24. The fraction of sp³-hybridized carbons (Fsp3) is 0.250. The zero-order valence-electron chi connectivity index (χ0n) is 8.58.